The molecule has 2 rings (SSSR count). The Kier molecular flexibility index (Phi) is 3.01. The highest BCUT2D eigenvalue weighted by molar-refractivity contribution is 5.67. The SMILES string of the molecule is NC[C@]1(CC(=O)O)CC[C@H]2CCC[C@H]2C1. The van der Waals surface area contributed by atoms with Gasteiger partial charge in [0.2, 0.25) is 0 Å². The molecular weight excluding hydrogens is 190 g/mol. The fourth-order valence-electron chi connectivity index (χ4n) is 3.65. The third-order valence-electron chi connectivity index (χ3n) is 4.52. The van der Waals surface area contributed by atoms with E-state index in [1.54, 1.807) is 0 Å². The minimum atomic E-state index is -0.683. The van der Waals surface area contributed by atoms with Gasteiger partial charge in [-0.2, -0.15) is 0 Å². The lowest BCUT2D eigenvalue weighted by atomic mass is 9.65. The van der Waals surface area contributed by atoms with Gasteiger partial charge >= 0.3 is 5.97 Å². The molecule has 0 heterocycles. The maximum absolute atomic E-state index is 10.9. The van der Waals surface area contributed by atoms with Crippen LogP contribution in [-0.4, -0.2) is 17.6 Å². The van der Waals surface area contributed by atoms with E-state index < -0.39 is 5.97 Å². The maximum Gasteiger partial charge on any atom is 0.303 e. The number of hydrogen-bond acceptors (Lipinski definition) is 2. The average molecular weight is 211 g/mol. The molecule has 3 heteroatoms. The predicted octanol–water partition coefficient (Wildman–Crippen LogP) is 2.01. The monoisotopic (exact) mass is 211 g/mol. The Balaban J connectivity index is 2.04. The second-order valence-corrected chi connectivity index (χ2v) is 5.47. The molecule has 0 aliphatic heterocycles. The van der Waals surface area contributed by atoms with E-state index in [9.17, 15) is 4.79 Å². The summed E-state index contributed by atoms with van der Waals surface area (Å²) in [6, 6.07) is 0. The summed E-state index contributed by atoms with van der Waals surface area (Å²) in [5, 5.41) is 8.95. The Bertz CT molecular complexity index is 254. The number of carboxylic acid groups (broad SMARTS) is 1. The van der Waals surface area contributed by atoms with Crippen LogP contribution in [0.3, 0.4) is 0 Å². The van der Waals surface area contributed by atoms with Gasteiger partial charge in [-0.25, -0.2) is 0 Å². The van der Waals surface area contributed by atoms with Gasteiger partial charge in [-0.15, -0.1) is 0 Å². The van der Waals surface area contributed by atoms with Crippen LogP contribution in [0.5, 0.6) is 0 Å². The van der Waals surface area contributed by atoms with Crippen LogP contribution in [0.2, 0.25) is 0 Å². The van der Waals surface area contributed by atoms with Gasteiger partial charge in [0.15, 0.2) is 0 Å². The van der Waals surface area contributed by atoms with Crippen LogP contribution in [0.1, 0.15) is 44.9 Å². The van der Waals surface area contributed by atoms with Crippen molar-refractivity contribution in [2.75, 3.05) is 6.54 Å². The highest BCUT2D eigenvalue weighted by atomic mass is 16.4. The van der Waals surface area contributed by atoms with Crippen molar-refractivity contribution in [3.8, 4) is 0 Å². The van der Waals surface area contributed by atoms with Crippen molar-refractivity contribution >= 4 is 5.97 Å². The van der Waals surface area contributed by atoms with Gasteiger partial charge < -0.3 is 10.8 Å². The molecule has 0 radical (unpaired) electrons. The summed E-state index contributed by atoms with van der Waals surface area (Å²) in [6.45, 7) is 0.544. The Morgan fingerprint density at radius 1 is 1.33 bits per heavy atom. The van der Waals surface area contributed by atoms with Crippen molar-refractivity contribution in [1.82, 2.24) is 0 Å². The highest BCUT2D eigenvalue weighted by Gasteiger charge is 2.42. The molecule has 2 aliphatic carbocycles. The molecule has 0 bridgehead atoms. The Morgan fingerprint density at radius 3 is 2.73 bits per heavy atom. The average Bonchev–Trinajstić information content (AvgIpc) is 2.63. The van der Waals surface area contributed by atoms with Gasteiger partial charge in [-0.3, -0.25) is 4.79 Å². The topological polar surface area (TPSA) is 63.3 Å². The lowest BCUT2D eigenvalue weighted by Crippen LogP contribution is -2.39. The standard InChI is InChI=1S/C12H21NO2/c13-8-12(7-11(14)15)5-4-9-2-1-3-10(9)6-12/h9-10H,1-8,13H2,(H,14,15)/t9-,10+,12-/m1/s1. The molecule has 0 aromatic carbocycles. The fraction of sp³-hybridized carbons (Fsp3) is 0.917. The van der Waals surface area contributed by atoms with Crippen molar-refractivity contribution < 1.29 is 9.90 Å². The van der Waals surface area contributed by atoms with Crippen LogP contribution < -0.4 is 5.73 Å². The van der Waals surface area contributed by atoms with Crippen LogP contribution in [0.15, 0.2) is 0 Å². The zero-order valence-electron chi connectivity index (χ0n) is 9.24. The van der Waals surface area contributed by atoms with E-state index >= 15 is 0 Å². The molecule has 15 heavy (non-hydrogen) atoms. The molecule has 0 aromatic heterocycles. The molecule has 0 saturated heterocycles. The Hall–Kier alpha value is -0.570. The number of nitrogens with two attached hydrogens (primary N) is 1. The number of fused-ring (bicyclic) bond motifs is 1. The second-order valence-electron chi connectivity index (χ2n) is 5.47. The normalized spacial score (nSPS) is 40.1. The molecule has 2 aliphatic rings. The minimum absolute atomic E-state index is 0.0860. The molecular formula is C12H21NO2. The summed E-state index contributed by atoms with van der Waals surface area (Å²) in [7, 11) is 0. The molecule has 3 N–H and O–H groups in total. The number of hydrogen-bond donors (Lipinski definition) is 2. The third kappa shape index (κ3) is 2.17. The van der Waals surface area contributed by atoms with Gasteiger partial charge in [0.1, 0.15) is 0 Å². The van der Waals surface area contributed by atoms with Crippen molar-refractivity contribution in [2.45, 2.75) is 44.9 Å². The van der Waals surface area contributed by atoms with E-state index in [-0.39, 0.29) is 11.8 Å². The smallest absolute Gasteiger partial charge is 0.303 e. The van der Waals surface area contributed by atoms with Gasteiger partial charge in [-0.05, 0) is 43.1 Å². The lowest BCUT2D eigenvalue weighted by molar-refractivity contribution is -0.140. The second kappa shape index (κ2) is 4.12. The van der Waals surface area contributed by atoms with Gasteiger partial charge in [-0.1, -0.05) is 19.3 Å². The molecule has 3 atom stereocenters. The molecule has 2 saturated carbocycles. The van der Waals surface area contributed by atoms with E-state index in [2.05, 4.69) is 0 Å². The number of rotatable bonds is 3. The lowest BCUT2D eigenvalue weighted by Gasteiger charge is -2.41. The van der Waals surface area contributed by atoms with E-state index in [0.717, 1.165) is 24.7 Å². The predicted molar refractivity (Wildman–Crippen MR) is 58.4 cm³/mol. The summed E-state index contributed by atoms with van der Waals surface area (Å²) in [6.07, 6.45) is 7.55. The van der Waals surface area contributed by atoms with E-state index in [1.807, 2.05) is 0 Å². The molecule has 2 fully saturated rings. The maximum atomic E-state index is 10.9. The number of carbonyl (C=O) groups is 1. The van der Waals surface area contributed by atoms with Crippen LogP contribution in [0.25, 0.3) is 0 Å². The van der Waals surface area contributed by atoms with Crippen LogP contribution in [0.4, 0.5) is 0 Å². The largest absolute Gasteiger partial charge is 0.481 e. The molecule has 0 spiro atoms. The number of carboxylic acids is 1. The van der Waals surface area contributed by atoms with Crippen molar-refractivity contribution in [3.05, 3.63) is 0 Å². The first-order chi connectivity index (χ1) is 7.15. The Labute approximate surface area is 91.0 Å². The van der Waals surface area contributed by atoms with Gasteiger partial charge in [0.25, 0.3) is 0 Å². The fourth-order valence-corrected chi connectivity index (χ4v) is 3.65. The number of aliphatic carboxylic acids is 1. The first-order valence-corrected chi connectivity index (χ1v) is 6.07. The first kappa shape index (κ1) is 10.9. The van der Waals surface area contributed by atoms with Gasteiger partial charge in [0.05, 0.1) is 6.42 Å². The minimum Gasteiger partial charge on any atom is -0.481 e. The summed E-state index contributed by atoms with van der Waals surface area (Å²) in [5.41, 5.74) is 5.72. The zero-order chi connectivity index (χ0) is 10.9. The molecule has 0 aromatic rings. The van der Waals surface area contributed by atoms with Crippen molar-refractivity contribution in [1.29, 1.82) is 0 Å². The van der Waals surface area contributed by atoms with Crippen LogP contribution in [0, 0.1) is 17.3 Å². The summed E-state index contributed by atoms with van der Waals surface area (Å²) >= 11 is 0. The van der Waals surface area contributed by atoms with Gasteiger partial charge in [0, 0.05) is 0 Å². The molecule has 86 valence electrons. The van der Waals surface area contributed by atoms with Crippen molar-refractivity contribution in [3.63, 3.8) is 0 Å². The summed E-state index contributed by atoms with van der Waals surface area (Å²) < 4.78 is 0. The molecule has 0 unspecified atom stereocenters. The summed E-state index contributed by atoms with van der Waals surface area (Å²) in [4.78, 5) is 10.9. The first-order valence-electron chi connectivity index (χ1n) is 6.07. The van der Waals surface area contributed by atoms with Crippen LogP contribution in [-0.2, 0) is 4.79 Å². The van der Waals surface area contributed by atoms with Crippen molar-refractivity contribution in [2.24, 2.45) is 23.0 Å². The highest BCUT2D eigenvalue weighted by Crippen LogP contribution is 2.50. The van der Waals surface area contributed by atoms with E-state index in [0.29, 0.717) is 6.54 Å². The summed E-state index contributed by atoms with van der Waals surface area (Å²) in [5.74, 6) is 0.956. The molecule has 3 nitrogen and oxygen atoms in total. The Morgan fingerprint density at radius 2 is 2.07 bits per heavy atom. The molecule has 0 amide bonds. The zero-order valence-corrected chi connectivity index (χ0v) is 9.24. The third-order valence-corrected chi connectivity index (χ3v) is 4.52. The quantitative estimate of drug-likeness (QED) is 0.750. The van der Waals surface area contributed by atoms with E-state index in [1.165, 1.54) is 25.7 Å². The van der Waals surface area contributed by atoms with E-state index in [4.69, 9.17) is 10.8 Å². The van der Waals surface area contributed by atoms with Crippen LogP contribution >= 0.6 is 0 Å².